The minimum Gasteiger partial charge on any atom is -0.497 e. The summed E-state index contributed by atoms with van der Waals surface area (Å²) < 4.78 is 62.5. The predicted molar refractivity (Wildman–Crippen MR) is 144 cm³/mol. The molecule has 12 heteroatoms. The second-order valence-electron chi connectivity index (χ2n) is 9.27. The monoisotopic (exact) mass is 584 g/mol. The number of allylic oxidation sites excluding steroid dienone is 2. The average molecular weight is 585 g/mol. The van der Waals surface area contributed by atoms with Crippen molar-refractivity contribution < 1.29 is 46.5 Å². The van der Waals surface area contributed by atoms with Gasteiger partial charge in [0.05, 0.1) is 47.9 Å². The van der Waals surface area contributed by atoms with Crippen LogP contribution < -0.4 is 10.1 Å². The van der Waals surface area contributed by atoms with Crippen LogP contribution in [-0.4, -0.2) is 50.3 Å². The van der Waals surface area contributed by atoms with Crippen LogP contribution >= 0.6 is 0 Å². The number of hydrogen-bond donors (Lipinski definition) is 1. The van der Waals surface area contributed by atoms with E-state index in [1.54, 1.807) is 24.3 Å². The van der Waals surface area contributed by atoms with Crippen LogP contribution in [-0.2, 0) is 30.0 Å². The molecule has 2 heterocycles. The Hall–Kier alpha value is -4.87. The Morgan fingerprint density at radius 3 is 2.17 bits per heavy atom. The van der Waals surface area contributed by atoms with E-state index >= 15 is 0 Å². The molecule has 1 unspecified atom stereocenters. The summed E-state index contributed by atoms with van der Waals surface area (Å²) in [6, 6.07) is 11.4. The van der Waals surface area contributed by atoms with Crippen molar-refractivity contribution >= 4 is 28.8 Å². The molecular weight excluding hydrogens is 557 g/mol. The van der Waals surface area contributed by atoms with Gasteiger partial charge in [-0.05, 0) is 49.7 Å². The highest BCUT2D eigenvalue weighted by Crippen LogP contribution is 2.44. The van der Waals surface area contributed by atoms with Crippen LogP contribution in [0, 0.1) is 0 Å². The average Bonchev–Trinajstić information content (AvgIpc) is 2.97. The number of nitrogens with zero attached hydrogens (tertiary/aromatic N) is 1. The molecule has 1 aliphatic heterocycles. The SMILES string of the molecule is COC(=O)C1=C(C)NC(C)=C(C(=O)OCCOC(=O)c2cnc3ccc(OC)cc3c2)C1c1ccccc1C(F)(F)F. The third-order valence-electron chi connectivity index (χ3n) is 6.64. The van der Waals surface area contributed by atoms with Crippen LogP contribution in [0.25, 0.3) is 10.9 Å². The first-order valence-corrected chi connectivity index (χ1v) is 12.7. The van der Waals surface area contributed by atoms with Gasteiger partial charge in [0.25, 0.3) is 0 Å². The van der Waals surface area contributed by atoms with E-state index in [2.05, 4.69) is 10.3 Å². The highest BCUT2D eigenvalue weighted by molar-refractivity contribution is 6.00. The van der Waals surface area contributed by atoms with Gasteiger partial charge >= 0.3 is 24.1 Å². The molecule has 220 valence electrons. The molecule has 1 aliphatic rings. The minimum absolute atomic E-state index is 0.157. The van der Waals surface area contributed by atoms with Gasteiger partial charge in [0.1, 0.15) is 19.0 Å². The quantitative estimate of drug-likeness (QED) is 0.220. The molecule has 1 N–H and O–H groups in total. The lowest BCUT2D eigenvalue weighted by atomic mass is 9.78. The molecule has 1 aromatic heterocycles. The lowest BCUT2D eigenvalue weighted by Crippen LogP contribution is -2.33. The molecule has 0 bridgehead atoms. The first-order valence-electron chi connectivity index (χ1n) is 12.7. The number of methoxy groups -OCH3 is 2. The highest BCUT2D eigenvalue weighted by atomic mass is 19.4. The number of fused-ring (bicyclic) bond motifs is 1. The van der Waals surface area contributed by atoms with Crippen molar-refractivity contribution in [2.75, 3.05) is 27.4 Å². The van der Waals surface area contributed by atoms with Gasteiger partial charge in [-0.25, -0.2) is 14.4 Å². The molecule has 0 fully saturated rings. The zero-order chi connectivity index (χ0) is 30.6. The largest absolute Gasteiger partial charge is 0.497 e. The maximum absolute atomic E-state index is 14.0. The van der Waals surface area contributed by atoms with Crippen LogP contribution in [0.1, 0.15) is 41.3 Å². The Labute approximate surface area is 238 Å². The normalized spacial score (nSPS) is 15.3. The van der Waals surface area contributed by atoms with Crippen molar-refractivity contribution in [2.45, 2.75) is 25.9 Å². The second-order valence-corrected chi connectivity index (χ2v) is 9.27. The van der Waals surface area contributed by atoms with Crippen molar-refractivity contribution in [2.24, 2.45) is 0 Å². The zero-order valence-corrected chi connectivity index (χ0v) is 23.1. The molecule has 4 rings (SSSR count). The smallest absolute Gasteiger partial charge is 0.416 e. The number of carbonyl (C=O) groups excluding carboxylic acids is 3. The number of hydrogen-bond acceptors (Lipinski definition) is 9. The van der Waals surface area contributed by atoms with Crippen LogP contribution in [0.2, 0.25) is 0 Å². The number of pyridine rings is 1. The molecule has 0 saturated carbocycles. The van der Waals surface area contributed by atoms with Crippen molar-refractivity contribution in [3.63, 3.8) is 0 Å². The van der Waals surface area contributed by atoms with Crippen LogP contribution in [0.3, 0.4) is 0 Å². The lowest BCUT2D eigenvalue weighted by Gasteiger charge is -2.31. The van der Waals surface area contributed by atoms with Gasteiger partial charge in [-0.15, -0.1) is 0 Å². The fourth-order valence-electron chi connectivity index (χ4n) is 4.74. The Bertz CT molecular complexity index is 1610. The van der Waals surface area contributed by atoms with Gasteiger partial charge in [-0.3, -0.25) is 4.98 Å². The first kappa shape index (κ1) is 30.1. The second kappa shape index (κ2) is 12.3. The molecule has 0 saturated heterocycles. The molecule has 2 aromatic carbocycles. The Morgan fingerprint density at radius 2 is 1.52 bits per heavy atom. The molecular formula is C30H27F3N2O7. The number of esters is 3. The van der Waals surface area contributed by atoms with Crippen LogP contribution in [0.15, 0.2) is 77.3 Å². The summed E-state index contributed by atoms with van der Waals surface area (Å²) in [7, 11) is 2.61. The summed E-state index contributed by atoms with van der Waals surface area (Å²) in [6.07, 6.45) is -3.42. The predicted octanol–water partition coefficient (Wildman–Crippen LogP) is 5.07. The number of nitrogens with one attached hydrogen (secondary N) is 1. The molecule has 42 heavy (non-hydrogen) atoms. The van der Waals surface area contributed by atoms with E-state index in [1.165, 1.54) is 45.4 Å². The third-order valence-corrected chi connectivity index (χ3v) is 6.64. The number of halogens is 3. The first-order chi connectivity index (χ1) is 20.0. The van der Waals surface area contributed by atoms with E-state index in [0.717, 1.165) is 13.2 Å². The molecule has 3 aromatic rings. The van der Waals surface area contributed by atoms with Gasteiger partial charge in [0, 0.05) is 23.0 Å². The standard InChI is InChI=1S/C30H27F3N2O7/c1-16-24(28(37)40-4)26(21-7-5-6-8-22(21)30(31,32)33)25(17(2)35-16)29(38)42-12-11-41-27(36)19-13-18-14-20(39-3)9-10-23(18)34-15-19/h5-10,13-15,26,35H,11-12H2,1-4H3. The molecule has 0 amide bonds. The number of benzene rings is 2. The third kappa shape index (κ3) is 6.22. The van der Waals surface area contributed by atoms with E-state index in [-0.39, 0.29) is 40.3 Å². The molecule has 1 atom stereocenters. The van der Waals surface area contributed by atoms with Gasteiger partial charge < -0.3 is 24.3 Å². The number of dihydropyridines is 1. The number of rotatable bonds is 8. The van der Waals surface area contributed by atoms with Crippen LogP contribution in [0.5, 0.6) is 5.75 Å². The van der Waals surface area contributed by atoms with E-state index in [1.807, 2.05) is 0 Å². The maximum Gasteiger partial charge on any atom is 0.416 e. The molecule has 0 radical (unpaired) electrons. The van der Waals surface area contributed by atoms with Crippen molar-refractivity contribution in [1.82, 2.24) is 10.3 Å². The Morgan fingerprint density at radius 1 is 0.881 bits per heavy atom. The molecule has 0 aliphatic carbocycles. The van der Waals surface area contributed by atoms with Gasteiger partial charge in [0.15, 0.2) is 0 Å². The Balaban J connectivity index is 1.53. The van der Waals surface area contributed by atoms with E-state index in [9.17, 15) is 27.6 Å². The van der Waals surface area contributed by atoms with E-state index in [4.69, 9.17) is 18.9 Å². The highest BCUT2D eigenvalue weighted by Gasteiger charge is 2.43. The number of carbonyl (C=O) groups is 3. The Kier molecular flexibility index (Phi) is 8.84. The molecule has 9 nitrogen and oxygen atoms in total. The summed E-state index contributed by atoms with van der Waals surface area (Å²) in [5, 5.41) is 3.51. The summed E-state index contributed by atoms with van der Waals surface area (Å²) in [6.45, 7) is 2.24. The van der Waals surface area contributed by atoms with Crippen molar-refractivity contribution in [1.29, 1.82) is 0 Å². The topological polar surface area (TPSA) is 113 Å². The van der Waals surface area contributed by atoms with Gasteiger partial charge in [-0.1, -0.05) is 18.2 Å². The summed E-state index contributed by atoms with van der Waals surface area (Å²) in [5.41, 5.74) is -0.484. The summed E-state index contributed by atoms with van der Waals surface area (Å²) in [5.74, 6) is -3.48. The maximum atomic E-state index is 14.0. The van der Waals surface area contributed by atoms with Crippen molar-refractivity contribution in [3.05, 3.63) is 94.0 Å². The fraction of sp³-hybridized carbons (Fsp3) is 0.267. The van der Waals surface area contributed by atoms with Crippen LogP contribution in [0.4, 0.5) is 13.2 Å². The summed E-state index contributed by atoms with van der Waals surface area (Å²) >= 11 is 0. The van der Waals surface area contributed by atoms with Gasteiger partial charge in [-0.2, -0.15) is 13.2 Å². The van der Waals surface area contributed by atoms with Crippen molar-refractivity contribution in [3.8, 4) is 5.75 Å². The summed E-state index contributed by atoms with van der Waals surface area (Å²) in [4.78, 5) is 42.8. The van der Waals surface area contributed by atoms with E-state index in [0.29, 0.717) is 16.7 Å². The molecule has 0 spiro atoms. The van der Waals surface area contributed by atoms with E-state index < -0.39 is 42.2 Å². The fourth-order valence-corrected chi connectivity index (χ4v) is 4.74. The number of alkyl halides is 3. The number of ether oxygens (including phenoxy) is 4. The number of aromatic nitrogens is 1. The zero-order valence-electron chi connectivity index (χ0n) is 23.1. The minimum atomic E-state index is -4.77. The lowest BCUT2D eigenvalue weighted by molar-refractivity contribution is -0.142. The van der Waals surface area contributed by atoms with Gasteiger partial charge in [0.2, 0.25) is 0 Å².